The fourth-order valence-electron chi connectivity index (χ4n) is 3.76. The predicted molar refractivity (Wildman–Crippen MR) is 114 cm³/mol. The standard InChI is InChI=1S/C23H27ClN2O2/c1-2-19(16-9-5-3-6-10-16)23(28)26-21-15-17(13-14-20(21)24)22(27)25-18-11-7-4-8-12-18/h3,5-6,9-10,13-15,18-19H,2,4,7-8,11-12H2,1H3,(H,25,27)(H,26,28)/t19-/m0/s1. The number of anilines is 1. The highest BCUT2D eigenvalue weighted by Crippen LogP contribution is 2.27. The predicted octanol–water partition coefficient (Wildman–Crippen LogP) is 5.53. The number of rotatable bonds is 6. The molecule has 0 aromatic heterocycles. The first-order valence-electron chi connectivity index (χ1n) is 10.0. The summed E-state index contributed by atoms with van der Waals surface area (Å²) in [6.07, 6.45) is 6.28. The third-order valence-electron chi connectivity index (χ3n) is 5.35. The monoisotopic (exact) mass is 398 g/mol. The van der Waals surface area contributed by atoms with E-state index in [1.54, 1.807) is 18.2 Å². The van der Waals surface area contributed by atoms with E-state index in [4.69, 9.17) is 11.6 Å². The van der Waals surface area contributed by atoms with Gasteiger partial charge < -0.3 is 10.6 Å². The molecular formula is C23H27ClN2O2. The van der Waals surface area contributed by atoms with Crippen LogP contribution in [0.4, 0.5) is 5.69 Å². The van der Waals surface area contributed by atoms with E-state index in [2.05, 4.69) is 10.6 Å². The van der Waals surface area contributed by atoms with E-state index >= 15 is 0 Å². The molecule has 2 amide bonds. The molecule has 1 aliphatic rings. The lowest BCUT2D eigenvalue weighted by molar-refractivity contribution is -0.117. The van der Waals surface area contributed by atoms with Gasteiger partial charge in [-0.2, -0.15) is 0 Å². The maximum Gasteiger partial charge on any atom is 0.251 e. The zero-order valence-corrected chi connectivity index (χ0v) is 17.0. The zero-order chi connectivity index (χ0) is 19.9. The lowest BCUT2D eigenvalue weighted by Gasteiger charge is -2.23. The van der Waals surface area contributed by atoms with Gasteiger partial charge in [0.25, 0.3) is 5.91 Å². The Morgan fingerprint density at radius 1 is 1.07 bits per heavy atom. The Balaban J connectivity index is 1.72. The van der Waals surface area contributed by atoms with Crippen molar-refractivity contribution in [3.05, 3.63) is 64.7 Å². The first-order valence-corrected chi connectivity index (χ1v) is 10.4. The number of nitrogens with one attached hydrogen (secondary N) is 2. The molecule has 1 saturated carbocycles. The second-order valence-electron chi connectivity index (χ2n) is 7.36. The highest BCUT2D eigenvalue weighted by atomic mass is 35.5. The Hall–Kier alpha value is -2.33. The van der Waals surface area contributed by atoms with Gasteiger partial charge in [-0.15, -0.1) is 0 Å². The van der Waals surface area contributed by atoms with Crippen molar-refractivity contribution < 1.29 is 9.59 Å². The minimum Gasteiger partial charge on any atom is -0.349 e. The summed E-state index contributed by atoms with van der Waals surface area (Å²) in [5, 5.41) is 6.43. The van der Waals surface area contributed by atoms with E-state index in [1.807, 2.05) is 37.3 Å². The molecule has 3 rings (SSSR count). The van der Waals surface area contributed by atoms with Crippen molar-refractivity contribution in [1.82, 2.24) is 5.32 Å². The van der Waals surface area contributed by atoms with Crippen LogP contribution in [0.25, 0.3) is 0 Å². The van der Waals surface area contributed by atoms with Gasteiger partial charge in [0, 0.05) is 11.6 Å². The van der Waals surface area contributed by atoms with Crippen LogP contribution < -0.4 is 10.6 Å². The first-order chi connectivity index (χ1) is 13.6. The Labute approximate surface area is 171 Å². The summed E-state index contributed by atoms with van der Waals surface area (Å²) in [7, 11) is 0. The third-order valence-corrected chi connectivity index (χ3v) is 5.68. The number of benzene rings is 2. The fourth-order valence-corrected chi connectivity index (χ4v) is 3.92. The highest BCUT2D eigenvalue weighted by molar-refractivity contribution is 6.34. The van der Waals surface area contributed by atoms with Crippen molar-refractivity contribution in [3.63, 3.8) is 0 Å². The molecule has 0 aliphatic heterocycles. The molecule has 5 heteroatoms. The summed E-state index contributed by atoms with van der Waals surface area (Å²) in [5.41, 5.74) is 1.94. The average molecular weight is 399 g/mol. The van der Waals surface area contributed by atoms with Crippen LogP contribution in [0.5, 0.6) is 0 Å². The van der Waals surface area contributed by atoms with Gasteiger partial charge in [-0.25, -0.2) is 0 Å². The Kier molecular flexibility index (Phi) is 7.10. The lowest BCUT2D eigenvalue weighted by Crippen LogP contribution is -2.36. The lowest BCUT2D eigenvalue weighted by atomic mass is 9.95. The van der Waals surface area contributed by atoms with Crippen molar-refractivity contribution >= 4 is 29.1 Å². The minimum atomic E-state index is -0.267. The molecule has 0 spiro atoms. The van der Waals surface area contributed by atoms with Crippen molar-refractivity contribution in [2.45, 2.75) is 57.4 Å². The molecule has 1 atom stereocenters. The van der Waals surface area contributed by atoms with Crippen LogP contribution in [0.2, 0.25) is 5.02 Å². The van der Waals surface area contributed by atoms with Crippen molar-refractivity contribution in [2.75, 3.05) is 5.32 Å². The minimum absolute atomic E-state index is 0.117. The van der Waals surface area contributed by atoms with E-state index in [0.29, 0.717) is 22.7 Å². The summed E-state index contributed by atoms with van der Waals surface area (Å²) < 4.78 is 0. The van der Waals surface area contributed by atoms with Gasteiger partial charge in [-0.1, -0.05) is 68.1 Å². The molecule has 1 aliphatic carbocycles. The van der Waals surface area contributed by atoms with Gasteiger partial charge in [0.2, 0.25) is 5.91 Å². The van der Waals surface area contributed by atoms with Crippen LogP contribution in [0.15, 0.2) is 48.5 Å². The normalized spacial score (nSPS) is 15.6. The molecule has 0 saturated heterocycles. The first kappa shape index (κ1) is 20.4. The van der Waals surface area contributed by atoms with E-state index < -0.39 is 0 Å². The number of halogens is 1. The van der Waals surface area contributed by atoms with Crippen LogP contribution in [0, 0.1) is 0 Å². The van der Waals surface area contributed by atoms with Crippen molar-refractivity contribution in [2.24, 2.45) is 0 Å². The topological polar surface area (TPSA) is 58.2 Å². The zero-order valence-electron chi connectivity index (χ0n) is 16.2. The molecule has 0 radical (unpaired) electrons. The summed E-state index contributed by atoms with van der Waals surface area (Å²) >= 11 is 6.28. The van der Waals surface area contributed by atoms with E-state index in [1.165, 1.54) is 6.42 Å². The number of hydrogen-bond acceptors (Lipinski definition) is 2. The van der Waals surface area contributed by atoms with E-state index in [9.17, 15) is 9.59 Å². The maximum atomic E-state index is 12.8. The summed E-state index contributed by atoms with van der Waals surface area (Å²) in [6, 6.07) is 14.9. The van der Waals surface area contributed by atoms with Gasteiger partial charge in [-0.3, -0.25) is 9.59 Å². The molecule has 148 valence electrons. The van der Waals surface area contributed by atoms with E-state index in [-0.39, 0.29) is 23.8 Å². The van der Waals surface area contributed by atoms with Gasteiger partial charge in [-0.05, 0) is 43.0 Å². The molecule has 2 aromatic rings. The molecule has 4 nitrogen and oxygen atoms in total. The van der Waals surface area contributed by atoms with Crippen LogP contribution in [-0.4, -0.2) is 17.9 Å². The van der Waals surface area contributed by atoms with Gasteiger partial charge in [0.05, 0.1) is 16.6 Å². The average Bonchev–Trinajstić information content (AvgIpc) is 2.71. The molecule has 28 heavy (non-hydrogen) atoms. The van der Waals surface area contributed by atoms with Gasteiger partial charge >= 0.3 is 0 Å². The van der Waals surface area contributed by atoms with Crippen LogP contribution in [-0.2, 0) is 4.79 Å². The number of hydrogen-bond donors (Lipinski definition) is 2. The van der Waals surface area contributed by atoms with Crippen molar-refractivity contribution in [1.29, 1.82) is 0 Å². The van der Waals surface area contributed by atoms with Gasteiger partial charge in [0.1, 0.15) is 0 Å². The largest absolute Gasteiger partial charge is 0.349 e. The summed E-state index contributed by atoms with van der Waals surface area (Å²) in [4.78, 5) is 25.4. The number of carbonyl (C=O) groups excluding carboxylic acids is 2. The quantitative estimate of drug-likeness (QED) is 0.671. The van der Waals surface area contributed by atoms with Crippen LogP contribution in [0.3, 0.4) is 0 Å². The summed E-state index contributed by atoms with van der Waals surface area (Å²) in [5.74, 6) is -0.508. The fraction of sp³-hybridized carbons (Fsp3) is 0.391. The second kappa shape index (κ2) is 9.74. The molecule has 2 aromatic carbocycles. The molecule has 0 unspecified atom stereocenters. The maximum absolute atomic E-state index is 12.8. The molecule has 0 heterocycles. The third kappa shape index (κ3) is 5.14. The van der Waals surface area contributed by atoms with Crippen LogP contribution >= 0.6 is 11.6 Å². The highest BCUT2D eigenvalue weighted by Gasteiger charge is 2.21. The van der Waals surface area contributed by atoms with E-state index in [0.717, 1.165) is 31.2 Å². The Morgan fingerprint density at radius 2 is 1.79 bits per heavy atom. The molecule has 1 fully saturated rings. The summed E-state index contributed by atoms with van der Waals surface area (Å²) in [6.45, 7) is 1.98. The molecule has 0 bridgehead atoms. The second-order valence-corrected chi connectivity index (χ2v) is 7.77. The Bertz CT molecular complexity index is 817. The number of carbonyl (C=O) groups is 2. The Morgan fingerprint density at radius 3 is 2.46 bits per heavy atom. The molecular weight excluding hydrogens is 372 g/mol. The smallest absolute Gasteiger partial charge is 0.251 e. The number of amides is 2. The van der Waals surface area contributed by atoms with Gasteiger partial charge in [0.15, 0.2) is 0 Å². The SMILES string of the molecule is CC[C@H](C(=O)Nc1cc(C(=O)NC2CCCCC2)ccc1Cl)c1ccccc1. The molecule has 2 N–H and O–H groups in total. The van der Waals surface area contributed by atoms with Crippen molar-refractivity contribution in [3.8, 4) is 0 Å². The van der Waals surface area contributed by atoms with Crippen LogP contribution in [0.1, 0.15) is 67.3 Å².